The molecule has 0 unspecified atom stereocenters. The highest BCUT2D eigenvalue weighted by Crippen LogP contribution is 2.44. The van der Waals surface area contributed by atoms with Crippen molar-refractivity contribution >= 4 is 17.3 Å². The second-order valence-electron chi connectivity index (χ2n) is 7.30. The van der Waals surface area contributed by atoms with Crippen LogP contribution in [0.3, 0.4) is 0 Å². The predicted molar refractivity (Wildman–Crippen MR) is 105 cm³/mol. The number of ether oxygens (including phenoxy) is 1. The zero-order valence-corrected chi connectivity index (χ0v) is 16.4. The van der Waals surface area contributed by atoms with E-state index in [0.717, 1.165) is 37.1 Å². The first kappa shape index (κ1) is 21.0. The van der Waals surface area contributed by atoms with Gasteiger partial charge in [0.15, 0.2) is 11.5 Å². The molecule has 5 nitrogen and oxygen atoms in total. The number of carbonyl (C=O) groups is 1. The van der Waals surface area contributed by atoms with Gasteiger partial charge in [-0.3, -0.25) is 4.79 Å². The molecule has 0 fully saturated rings. The van der Waals surface area contributed by atoms with Gasteiger partial charge in [-0.25, -0.2) is 0 Å². The summed E-state index contributed by atoms with van der Waals surface area (Å²) in [6.45, 7) is 1.28. The van der Waals surface area contributed by atoms with E-state index in [-0.39, 0.29) is 11.7 Å². The van der Waals surface area contributed by atoms with Crippen LogP contribution in [-0.4, -0.2) is 31.4 Å². The summed E-state index contributed by atoms with van der Waals surface area (Å²) in [5, 5.41) is 5.94. The van der Waals surface area contributed by atoms with Gasteiger partial charge in [-0.05, 0) is 69.4 Å². The number of hydrogen-bond acceptors (Lipinski definition) is 4. The van der Waals surface area contributed by atoms with Crippen molar-refractivity contribution < 1.29 is 22.7 Å². The topological polar surface area (TPSA) is 53.6 Å². The van der Waals surface area contributed by atoms with Crippen LogP contribution in [0, 0.1) is 0 Å². The molecule has 0 spiro atoms. The van der Waals surface area contributed by atoms with Crippen LogP contribution in [0.4, 0.5) is 24.5 Å². The molecule has 3 rings (SSSR count). The van der Waals surface area contributed by atoms with E-state index in [0.29, 0.717) is 30.1 Å². The van der Waals surface area contributed by atoms with Gasteiger partial charge in [0, 0.05) is 13.0 Å². The van der Waals surface area contributed by atoms with Gasteiger partial charge in [-0.2, -0.15) is 13.2 Å². The maximum atomic E-state index is 12.9. The number of amides is 1. The minimum absolute atomic E-state index is 0.0271. The molecule has 156 valence electrons. The Bertz CT molecular complexity index is 882. The predicted octanol–water partition coefficient (Wildman–Crippen LogP) is 4.90. The monoisotopic (exact) mass is 407 g/mol. The Morgan fingerprint density at radius 1 is 1.07 bits per heavy atom. The second kappa shape index (κ2) is 8.73. The van der Waals surface area contributed by atoms with Crippen LogP contribution in [0.1, 0.15) is 30.4 Å². The fourth-order valence-corrected chi connectivity index (χ4v) is 3.02. The van der Waals surface area contributed by atoms with Gasteiger partial charge >= 0.3 is 6.18 Å². The summed E-state index contributed by atoms with van der Waals surface area (Å²) in [4.78, 5) is 14.0. The minimum Gasteiger partial charge on any atom is -0.453 e. The van der Waals surface area contributed by atoms with Gasteiger partial charge in [0.05, 0.1) is 16.9 Å². The lowest BCUT2D eigenvalue weighted by atomic mass is 10.1. The first-order valence-corrected chi connectivity index (χ1v) is 9.43. The average Bonchev–Trinajstić information content (AvgIpc) is 2.66. The molecule has 1 aliphatic rings. The number of fused-ring (bicyclic) bond motifs is 2. The lowest BCUT2D eigenvalue weighted by Gasteiger charge is -2.23. The fourth-order valence-electron chi connectivity index (χ4n) is 3.02. The van der Waals surface area contributed by atoms with Crippen molar-refractivity contribution in [3.8, 4) is 11.5 Å². The molecule has 1 aliphatic heterocycles. The van der Waals surface area contributed by atoms with E-state index in [1.54, 1.807) is 12.1 Å². The highest BCUT2D eigenvalue weighted by atomic mass is 19.4. The number of anilines is 2. The van der Waals surface area contributed by atoms with Crippen molar-refractivity contribution in [3.05, 3.63) is 47.5 Å². The fraction of sp³-hybridized carbons (Fsp3) is 0.381. The Hall–Kier alpha value is -2.74. The molecular formula is C21H24F3N3O2. The first-order valence-electron chi connectivity index (χ1n) is 9.43. The number of carbonyl (C=O) groups excluding carboxylic acids is 1. The van der Waals surface area contributed by atoms with E-state index in [1.807, 2.05) is 20.2 Å². The highest BCUT2D eigenvalue weighted by Gasteiger charge is 2.32. The Morgan fingerprint density at radius 2 is 1.76 bits per heavy atom. The molecule has 0 atom stereocenters. The summed E-state index contributed by atoms with van der Waals surface area (Å²) in [6, 6.07) is 8.70. The van der Waals surface area contributed by atoms with E-state index in [1.165, 1.54) is 6.07 Å². The van der Waals surface area contributed by atoms with Crippen LogP contribution >= 0.6 is 0 Å². The van der Waals surface area contributed by atoms with Crippen molar-refractivity contribution in [3.63, 3.8) is 0 Å². The maximum absolute atomic E-state index is 12.9. The third kappa shape index (κ3) is 5.63. The Balaban J connectivity index is 1.59. The normalized spacial score (nSPS) is 12.6. The molecule has 1 amide bonds. The van der Waals surface area contributed by atoms with Gasteiger partial charge in [-0.1, -0.05) is 6.07 Å². The van der Waals surface area contributed by atoms with Gasteiger partial charge < -0.3 is 20.3 Å². The lowest BCUT2D eigenvalue weighted by Crippen LogP contribution is -2.23. The minimum atomic E-state index is -4.43. The maximum Gasteiger partial charge on any atom is 0.416 e. The number of nitrogens with one attached hydrogen (secondary N) is 2. The number of rotatable bonds is 7. The number of unbranched alkanes of at least 4 members (excludes halogenated alkanes) is 1. The molecule has 0 saturated carbocycles. The molecule has 0 radical (unpaired) electrons. The first-order chi connectivity index (χ1) is 13.7. The number of halogens is 3. The summed E-state index contributed by atoms with van der Waals surface area (Å²) in [5.74, 6) is 0.518. The van der Waals surface area contributed by atoms with Crippen LogP contribution in [0.15, 0.2) is 36.4 Å². The Kier molecular flexibility index (Phi) is 6.32. The molecule has 0 aromatic heterocycles. The molecule has 1 heterocycles. The summed E-state index contributed by atoms with van der Waals surface area (Å²) < 4.78 is 44.5. The van der Waals surface area contributed by atoms with Crippen LogP contribution < -0.4 is 15.4 Å². The van der Waals surface area contributed by atoms with Gasteiger partial charge in [-0.15, -0.1) is 0 Å². The van der Waals surface area contributed by atoms with E-state index in [4.69, 9.17) is 4.74 Å². The van der Waals surface area contributed by atoms with Gasteiger partial charge in [0.25, 0.3) is 0 Å². The standard InChI is InChI=1S/C21H24F3N3O2/c1-27(2)10-4-3-5-20(28)25-13-14-6-8-16-18(11-14)29-19-12-15(21(22,23)24)7-9-17(19)26-16/h6-9,11-12,26H,3-5,10,13H2,1-2H3,(H,25,28). The van der Waals surface area contributed by atoms with Crippen molar-refractivity contribution in [1.82, 2.24) is 10.2 Å². The summed E-state index contributed by atoms with van der Waals surface area (Å²) >= 11 is 0. The zero-order valence-electron chi connectivity index (χ0n) is 16.4. The van der Waals surface area contributed by atoms with E-state index in [9.17, 15) is 18.0 Å². The van der Waals surface area contributed by atoms with E-state index in [2.05, 4.69) is 15.5 Å². The Labute approximate surface area is 167 Å². The summed E-state index contributed by atoms with van der Waals surface area (Å²) in [7, 11) is 3.99. The largest absolute Gasteiger partial charge is 0.453 e. The van der Waals surface area contributed by atoms with Crippen molar-refractivity contribution in [1.29, 1.82) is 0 Å². The van der Waals surface area contributed by atoms with Gasteiger partial charge in [0.1, 0.15) is 0 Å². The number of benzene rings is 2. The van der Waals surface area contributed by atoms with E-state index < -0.39 is 11.7 Å². The molecule has 8 heteroatoms. The number of alkyl halides is 3. The number of nitrogens with zero attached hydrogens (tertiary/aromatic N) is 1. The van der Waals surface area contributed by atoms with E-state index >= 15 is 0 Å². The van der Waals surface area contributed by atoms with Crippen molar-refractivity contribution in [2.45, 2.75) is 32.0 Å². The quantitative estimate of drug-likeness (QED) is 0.547. The molecule has 2 aromatic carbocycles. The summed E-state index contributed by atoms with van der Waals surface area (Å²) in [5.41, 5.74) is 1.18. The smallest absolute Gasteiger partial charge is 0.416 e. The molecular weight excluding hydrogens is 383 g/mol. The number of hydrogen-bond donors (Lipinski definition) is 2. The molecule has 0 aliphatic carbocycles. The Morgan fingerprint density at radius 3 is 2.45 bits per heavy atom. The molecule has 0 saturated heterocycles. The molecule has 2 N–H and O–H groups in total. The zero-order chi connectivity index (χ0) is 21.0. The molecule has 29 heavy (non-hydrogen) atoms. The van der Waals surface area contributed by atoms with Crippen LogP contribution in [0.2, 0.25) is 0 Å². The molecule has 0 bridgehead atoms. The lowest BCUT2D eigenvalue weighted by molar-refractivity contribution is -0.137. The van der Waals surface area contributed by atoms with Crippen molar-refractivity contribution in [2.75, 3.05) is 26.0 Å². The molecule has 2 aromatic rings. The SMILES string of the molecule is CN(C)CCCCC(=O)NCc1ccc2c(c1)Oc1cc(C(F)(F)F)ccc1N2. The van der Waals surface area contributed by atoms with Crippen LogP contribution in [0.5, 0.6) is 11.5 Å². The summed E-state index contributed by atoms with van der Waals surface area (Å²) in [6.07, 6.45) is -2.20. The second-order valence-corrected chi connectivity index (χ2v) is 7.30. The highest BCUT2D eigenvalue weighted by molar-refractivity contribution is 5.77. The van der Waals surface area contributed by atoms with Crippen LogP contribution in [-0.2, 0) is 17.5 Å². The van der Waals surface area contributed by atoms with Crippen molar-refractivity contribution in [2.24, 2.45) is 0 Å². The van der Waals surface area contributed by atoms with Gasteiger partial charge in [0.2, 0.25) is 5.91 Å². The average molecular weight is 407 g/mol. The third-order valence-electron chi connectivity index (χ3n) is 4.59. The third-order valence-corrected chi connectivity index (χ3v) is 4.59. The van der Waals surface area contributed by atoms with Crippen LogP contribution in [0.25, 0.3) is 0 Å².